The summed E-state index contributed by atoms with van der Waals surface area (Å²) in [6.07, 6.45) is 0.484. The van der Waals surface area contributed by atoms with Crippen molar-refractivity contribution in [1.82, 2.24) is 0 Å². The van der Waals surface area contributed by atoms with Crippen LogP contribution < -0.4 is 5.73 Å². The van der Waals surface area contributed by atoms with Gasteiger partial charge in [0, 0.05) is 11.0 Å². The van der Waals surface area contributed by atoms with Gasteiger partial charge in [0.2, 0.25) is 0 Å². The molecule has 20 heavy (non-hydrogen) atoms. The number of hydrogen-bond acceptors (Lipinski definition) is 4. The molecule has 0 aliphatic rings. The van der Waals surface area contributed by atoms with Crippen LogP contribution in [0.25, 0.3) is 0 Å². The standard InChI is InChI=1S/C14H19F2NO2S/c1-4-12(14(18)19-7-8(2)3)20-13-6-11(17)9(15)5-10(13)16/h5-6,8,12H,4,7,17H2,1-3H3. The number of carbonyl (C=O) groups excluding carboxylic acids is 1. The molecule has 1 rings (SSSR count). The second-order valence-electron chi connectivity index (χ2n) is 4.84. The SMILES string of the molecule is CCC(Sc1cc(N)c(F)cc1F)C(=O)OCC(C)C. The number of anilines is 1. The molecular weight excluding hydrogens is 284 g/mol. The monoisotopic (exact) mass is 303 g/mol. The van der Waals surface area contributed by atoms with Gasteiger partial charge >= 0.3 is 5.97 Å². The van der Waals surface area contributed by atoms with Gasteiger partial charge in [0.25, 0.3) is 0 Å². The van der Waals surface area contributed by atoms with Crippen LogP contribution in [0.2, 0.25) is 0 Å². The molecule has 112 valence electrons. The normalized spacial score (nSPS) is 12.5. The van der Waals surface area contributed by atoms with Crippen molar-refractivity contribution in [3.8, 4) is 0 Å². The number of nitrogens with two attached hydrogens (primary N) is 1. The minimum atomic E-state index is -0.803. The van der Waals surface area contributed by atoms with Crippen LogP contribution in [0.3, 0.4) is 0 Å². The topological polar surface area (TPSA) is 52.3 Å². The molecule has 0 spiro atoms. The number of hydrogen-bond donors (Lipinski definition) is 1. The summed E-state index contributed by atoms with van der Waals surface area (Å²) in [6.45, 7) is 5.99. The molecule has 0 aliphatic carbocycles. The van der Waals surface area contributed by atoms with Gasteiger partial charge in [-0.3, -0.25) is 4.79 Å². The summed E-state index contributed by atoms with van der Waals surface area (Å²) < 4.78 is 31.9. The van der Waals surface area contributed by atoms with Gasteiger partial charge in [-0.25, -0.2) is 8.78 Å². The molecule has 0 bridgehead atoms. The third kappa shape index (κ3) is 4.67. The third-order valence-corrected chi connectivity index (χ3v) is 3.89. The minimum absolute atomic E-state index is 0.140. The Morgan fingerprint density at radius 3 is 2.55 bits per heavy atom. The van der Waals surface area contributed by atoms with Crippen LogP contribution in [-0.2, 0) is 9.53 Å². The lowest BCUT2D eigenvalue weighted by atomic mass is 10.2. The molecule has 1 aromatic carbocycles. The smallest absolute Gasteiger partial charge is 0.319 e. The zero-order valence-electron chi connectivity index (χ0n) is 11.8. The zero-order chi connectivity index (χ0) is 15.3. The Balaban J connectivity index is 2.78. The van der Waals surface area contributed by atoms with Gasteiger partial charge in [0.15, 0.2) is 0 Å². The van der Waals surface area contributed by atoms with Crippen molar-refractivity contribution >= 4 is 23.4 Å². The number of nitrogen functional groups attached to an aromatic ring is 1. The molecular formula is C14H19F2NO2S. The molecule has 0 aromatic heterocycles. The fraction of sp³-hybridized carbons (Fsp3) is 0.500. The Morgan fingerprint density at radius 1 is 1.35 bits per heavy atom. The van der Waals surface area contributed by atoms with Crippen LogP contribution in [0, 0.1) is 17.6 Å². The van der Waals surface area contributed by atoms with Crippen molar-refractivity contribution in [2.24, 2.45) is 5.92 Å². The molecule has 0 aliphatic heterocycles. The number of rotatable bonds is 6. The predicted octanol–water partition coefficient (Wildman–Crippen LogP) is 3.62. The van der Waals surface area contributed by atoms with Gasteiger partial charge in [0.05, 0.1) is 12.3 Å². The van der Waals surface area contributed by atoms with E-state index in [9.17, 15) is 13.6 Å². The first-order valence-corrected chi connectivity index (χ1v) is 7.30. The molecule has 0 amide bonds. The van der Waals surface area contributed by atoms with Crippen LogP contribution in [0.5, 0.6) is 0 Å². The van der Waals surface area contributed by atoms with Crippen LogP contribution in [0.15, 0.2) is 17.0 Å². The first kappa shape index (κ1) is 16.8. The predicted molar refractivity (Wildman–Crippen MR) is 76.5 cm³/mol. The summed E-state index contributed by atoms with van der Waals surface area (Å²) in [7, 11) is 0. The maximum absolute atomic E-state index is 13.6. The van der Waals surface area contributed by atoms with Crippen molar-refractivity contribution in [3.05, 3.63) is 23.8 Å². The summed E-state index contributed by atoms with van der Waals surface area (Å²) in [5.41, 5.74) is 5.27. The summed E-state index contributed by atoms with van der Waals surface area (Å²) in [5.74, 6) is -1.69. The second kappa shape index (κ2) is 7.47. The molecule has 1 aromatic rings. The lowest BCUT2D eigenvalue weighted by molar-refractivity contribution is -0.144. The highest BCUT2D eigenvalue weighted by Gasteiger charge is 2.22. The van der Waals surface area contributed by atoms with Crippen LogP contribution >= 0.6 is 11.8 Å². The first-order chi connectivity index (χ1) is 9.35. The van der Waals surface area contributed by atoms with Crippen molar-refractivity contribution < 1.29 is 18.3 Å². The maximum Gasteiger partial charge on any atom is 0.319 e. The van der Waals surface area contributed by atoms with E-state index in [1.54, 1.807) is 6.92 Å². The number of ether oxygens (including phenoxy) is 1. The van der Waals surface area contributed by atoms with Gasteiger partial charge in [-0.05, 0) is 18.4 Å². The highest BCUT2D eigenvalue weighted by atomic mass is 32.2. The molecule has 6 heteroatoms. The first-order valence-electron chi connectivity index (χ1n) is 6.43. The van der Waals surface area contributed by atoms with Crippen molar-refractivity contribution in [1.29, 1.82) is 0 Å². The van der Waals surface area contributed by atoms with E-state index < -0.39 is 22.9 Å². The minimum Gasteiger partial charge on any atom is -0.465 e. The van der Waals surface area contributed by atoms with E-state index in [1.165, 1.54) is 6.07 Å². The average Bonchev–Trinajstić information content (AvgIpc) is 2.38. The van der Waals surface area contributed by atoms with Gasteiger partial charge in [-0.15, -0.1) is 11.8 Å². The molecule has 0 heterocycles. The number of halogens is 2. The average molecular weight is 303 g/mol. The molecule has 1 unspecified atom stereocenters. The number of thioether (sulfide) groups is 1. The highest BCUT2D eigenvalue weighted by Crippen LogP contribution is 2.31. The fourth-order valence-corrected chi connectivity index (χ4v) is 2.43. The summed E-state index contributed by atoms with van der Waals surface area (Å²) in [6, 6.07) is 1.93. The Kier molecular flexibility index (Phi) is 6.26. The second-order valence-corrected chi connectivity index (χ2v) is 6.09. The van der Waals surface area contributed by atoms with E-state index >= 15 is 0 Å². The van der Waals surface area contributed by atoms with Gasteiger partial charge in [-0.2, -0.15) is 0 Å². The van der Waals surface area contributed by atoms with E-state index in [1.807, 2.05) is 13.8 Å². The molecule has 2 N–H and O–H groups in total. The Bertz CT molecular complexity index is 480. The number of carbonyl (C=O) groups is 1. The Morgan fingerprint density at radius 2 is 2.00 bits per heavy atom. The van der Waals surface area contributed by atoms with E-state index in [-0.39, 0.29) is 16.5 Å². The molecule has 0 saturated carbocycles. The number of benzene rings is 1. The summed E-state index contributed by atoms with van der Waals surface area (Å²) in [5, 5.41) is -0.534. The zero-order valence-corrected chi connectivity index (χ0v) is 12.6. The molecule has 3 nitrogen and oxygen atoms in total. The van der Waals surface area contributed by atoms with Gasteiger partial charge in [0.1, 0.15) is 16.9 Å². The van der Waals surface area contributed by atoms with Crippen LogP contribution in [0.1, 0.15) is 27.2 Å². The summed E-state index contributed by atoms with van der Waals surface area (Å²) in [4.78, 5) is 12.0. The highest BCUT2D eigenvalue weighted by molar-refractivity contribution is 8.00. The van der Waals surface area contributed by atoms with Crippen molar-refractivity contribution in [3.63, 3.8) is 0 Å². The van der Waals surface area contributed by atoms with Crippen molar-refractivity contribution in [2.75, 3.05) is 12.3 Å². The van der Waals surface area contributed by atoms with Crippen molar-refractivity contribution in [2.45, 2.75) is 37.3 Å². The lowest BCUT2D eigenvalue weighted by Gasteiger charge is -2.15. The van der Waals surface area contributed by atoms with Gasteiger partial charge in [-0.1, -0.05) is 20.8 Å². The van der Waals surface area contributed by atoms with Crippen LogP contribution in [0.4, 0.5) is 14.5 Å². The molecule has 0 radical (unpaired) electrons. The van der Waals surface area contributed by atoms with Gasteiger partial charge < -0.3 is 10.5 Å². The van der Waals surface area contributed by atoms with E-state index in [0.717, 1.165) is 17.8 Å². The van der Waals surface area contributed by atoms with E-state index in [4.69, 9.17) is 10.5 Å². The third-order valence-electron chi connectivity index (χ3n) is 2.51. The number of esters is 1. The molecule has 1 atom stereocenters. The quantitative estimate of drug-likeness (QED) is 0.495. The van der Waals surface area contributed by atoms with E-state index in [2.05, 4.69) is 0 Å². The maximum atomic E-state index is 13.6. The molecule has 0 fully saturated rings. The molecule has 0 saturated heterocycles. The Labute approximate surface area is 121 Å². The Hall–Kier alpha value is -1.30. The lowest BCUT2D eigenvalue weighted by Crippen LogP contribution is -2.21. The van der Waals surface area contributed by atoms with Crippen LogP contribution in [-0.4, -0.2) is 17.8 Å². The largest absolute Gasteiger partial charge is 0.465 e. The summed E-state index contributed by atoms with van der Waals surface area (Å²) >= 11 is 1.00. The fourth-order valence-electron chi connectivity index (χ4n) is 1.43. The van der Waals surface area contributed by atoms with E-state index in [0.29, 0.717) is 13.0 Å².